The molecule has 0 fully saturated rings. The summed E-state index contributed by atoms with van der Waals surface area (Å²) in [5, 5.41) is 0. The molecule has 1 aromatic heterocycles. The fourth-order valence-electron chi connectivity index (χ4n) is 3.36. The van der Waals surface area contributed by atoms with Crippen LogP contribution in [-0.2, 0) is 27.2 Å². The Bertz CT molecular complexity index is 1140. The second-order valence-corrected chi connectivity index (χ2v) is 8.72. The SMILES string of the molecule is CCOCCn1c(=NC(=O)Cc2ccc(C(C)C)cc2)sc2cc(C(=O)OCC)ccc21. The Morgan fingerprint density at radius 3 is 2.47 bits per heavy atom. The average Bonchev–Trinajstić information content (AvgIpc) is 3.10. The highest BCUT2D eigenvalue weighted by molar-refractivity contribution is 7.16. The van der Waals surface area contributed by atoms with Gasteiger partial charge in [-0.1, -0.05) is 49.4 Å². The van der Waals surface area contributed by atoms with E-state index < -0.39 is 0 Å². The molecule has 0 aliphatic rings. The maximum absolute atomic E-state index is 12.7. The van der Waals surface area contributed by atoms with Crippen molar-refractivity contribution in [2.75, 3.05) is 19.8 Å². The third-order valence-electron chi connectivity index (χ3n) is 5.08. The molecule has 0 aliphatic heterocycles. The van der Waals surface area contributed by atoms with Crippen LogP contribution in [0.1, 0.15) is 55.1 Å². The molecule has 3 aromatic rings. The largest absolute Gasteiger partial charge is 0.462 e. The zero-order chi connectivity index (χ0) is 23.1. The monoisotopic (exact) mass is 454 g/mol. The number of ether oxygens (including phenoxy) is 2. The zero-order valence-electron chi connectivity index (χ0n) is 19.1. The highest BCUT2D eigenvalue weighted by Crippen LogP contribution is 2.20. The minimum atomic E-state index is -0.358. The van der Waals surface area contributed by atoms with Gasteiger partial charge in [-0.3, -0.25) is 4.79 Å². The summed E-state index contributed by atoms with van der Waals surface area (Å²) >= 11 is 1.39. The number of carbonyl (C=O) groups is 2. The highest BCUT2D eigenvalue weighted by Gasteiger charge is 2.13. The van der Waals surface area contributed by atoms with Gasteiger partial charge < -0.3 is 14.0 Å². The predicted molar refractivity (Wildman–Crippen MR) is 127 cm³/mol. The molecular weight excluding hydrogens is 424 g/mol. The van der Waals surface area contributed by atoms with Crippen LogP contribution in [-0.4, -0.2) is 36.3 Å². The topological polar surface area (TPSA) is 69.9 Å². The van der Waals surface area contributed by atoms with Crippen molar-refractivity contribution >= 4 is 33.4 Å². The lowest BCUT2D eigenvalue weighted by Crippen LogP contribution is -2.20. The molecule has 32 heavy (non-hydrogen) atoms. The van der Waals surface area contributed by atoms with Gasteiger partial charge in [-0.2, -0.15) is 4.99 Å². The summed E-state index contributed by atoms with van der Waals surface area (Å²) in [6.07, 6.45) is 0.242. The molecule has 0 radical (unpaired) electrons. The molecule has 0 atom stereocenters. The third-order valence-corrected chi connectivity index (χ3v) is 6.12. The lowest BCUT2D eigenvalue weighted by Gasteiger charge is -2.07. The molecule has 2 aromatic carbocycles. The number of benzene rings is 2. The van der Waals surface area contributed by atoms with Crippen LogP contribution in [0.15, 0.2) is 47.5 Å². The number of nitrogens with zero attached hydrogens (tertiary/aromatic N) is 2. The van der Waals surface area contributed by atoms with Gasteiger partial charge in [0.1, 0.15) is 0 Å². The Morgan fingerprint density at radius 1 is 1.06 bits per heavy atom. The Hall–Kier alpha value is -2.77. The van der Waals surface area contributed by atoms with Crippen molar-refractivity contribution in [2.24, 2.45) is 4.99 Å². The Morgan fingerprint density at radius 2 is 1.81 bits per heavy atom. The van der Waals surface area contributed by atoms with Gasteiger partial charge in [-0.25, -0.2) is 4.79 Å². The van der Waals surface area contributed by atoms with Crippen molar-refractivity contribution in [1.82, 2.24) is 4.57 Å². The third kappa shape index (κ3) is 5.93. The van der Waals surface area contributed by atoms with Crippen LogP contribution in [0.5, 0.6) is 0 Å². The van der Waals surface area contributed by atoms with Gasteiger partial charge in [0.25, 0.3) is 5.91 Å². The fourth-order valence-corrected chi connectivity index (χ4v) is 4.47. The molecule has 0 aliphatic carbocycles. The van der Waals surface area contributed by atoms with Gasteiger partial charge in [-0.15, -0.1) is 0 Å². The van der Waals surface area contributed by atoms with Gasteiger partial charge in [-0.05, 0) is 49.1 Å². The molecule has 1 heterocycles. The van der Waals surface area contributed by atoms with E-state index in [0.29, 0.717) is 42.6 Å². The lowest BCUT2D eigenvalue weighted by atomic mass is 10.0. The number of thiazole rings is 1. The molecular formula is C25H30N2O4S. The first-order chi connectivity index (χ1) is 15.4. The number of fused-ring (bicyclic) bond motifs is 1. The smallest absolute Gasteiger partial charge is 0.338 e. The van der Waals surface area contributed by atoms with E-state index in [1.165, 1.54) is 16.9 Å². The van der Waals surface area contributed by atoms with Crippen LogP contribution in [0, 0.1) is 0 Å². The van der Waals surface area contributed by atoms with E-state index in [2.05, 4.69) is 31.0 Å². The fraction of sp³-hybridized carbons (Fsp3) is 0.400. The zero-order valence-corrected chi connectivity index (χ0v) is 19.9. The molecule has 7 heteroatoms. The van der Waals surface area contributed by atoms with E-state index in [-0.39, 0.29) is 18.3 Å². The van der Waals surface area contributed by atoms with Gasteiger partial charge in [0.15, 0.2) is 4.80 Å². The van der Waals surface area contributed by atoms with E-state index in [1.54, 1.807) is 19.1 Å². The maximum Gasteiger partial charge on any atom is 0.338 e. The molecule has 0 N–H and O–H groups in total. The molecule has 6 nitrogen and oxygen atoms in total. The quantitative estimate of drug-likeness (QED) is 0.347. The van der Waals surface area contributed by atoms with Gasteiger partial charge in [0, 0.05) is 13.2 Å². The summed E-state index contributed by atoms with van der Waals surface area (Å²) in [6.45, 7) is 10.0. The minimum absolute atomic E-state index is 0.204. The van der Waals surface area contributed by atoms with Crippen molar-refractivity contribution in [1.29, 1.82) is 0 Å². The number of aromatic nitrogens is 1. The lowest BCUT2D eigenvalue weighted by molar-refractivity contribution is -0.117. The van der Waals surface area contributed by atoms with E-state index >= 15 is 0 Å². The van der Waals surface area contributed by atoms with Crippen LogP contribution in [0.4, 0.5) is 0 Å². The predicted octanol–water partition coefficient (Wildman–Crippen LogP) is 4.71. The molecule has 0 unspecified atom stereocenters. The molecule has 0 saturated carbocycles. The van der Waals surface area contributed by atoms with E-state index in [1.807, 2.05) is 29.7 Å². The Balaban J connectivity index is 1.92. The second kappa shape index (κ2) is 11.2. The first-order valence-corrected chi connectivity index (χ1v) is 11.8. The number of hydrogen-bond donors (Lipinski definition) is 0. The molecule has 3 rings (SSSR count). The second-order valence-electron chi connectivity index (χ2n) is 7.71. The van der Waals surface area contributed by atoms with Crippen molar-refractivity contribution in [3.63, 3.8) is 0 Å². The number of carbonyl (C=O) groups excluding carboxylic acids is 2. The Labute approximate surface area is 192 Å². The standard InChI is InChI=1S/C25H30N2O4S/c1-5-30-14-13-27-21-12-11-20(24(29)31-6-2)16-22(21)32-25(27)26-23(28)15-18-7-9-19(10-8-18)17(3)4/h7-12,16-17H,5-6,13-15H2,1-4H3. The van der Waals surface area contributed by atoms with Crippen LogP contribution in [0.3, 0.4) is 0 Å². The van der Waals surface area contributed by atoms with Crippen LogP contribution < -0.4 is 4.80 Å². The maximum atomic E-state index is 12.7. The molecule has 1 amide bonds. The van der Waals surface area contributed by atoms with E-state index in [0.717, 1.165) is 15.8 Å². The molecule has 170 valence electrons. The van der Waals surface area contributed by atoms with Crippen molar-refractivity contribution < 1.29 is 19.1 Å². The van der Waals surface area contributed by atoms with Crippen molar-refractivity contribution in [3.05, 3.63) is 64.0 Å². The highest BCUT2D eigenvalue weighted by atomic mass is 32.1. The summed E-state index contributed by atoms with van der Waals surface area (Å²) in [6, 6.07) is 13.5. The summed E-state index contributed by atoms with van der Waals surface area (Å²) in [4.78, 5) is 29.9. The summed E-state index contributed by atoms with van der Waals surface area (Å²) in [5.41, 5.74) is 3.58. The van der Waals surface area contributed by atoms with Crippen molar-refractivity contribution in [2.45, 2.75) is 46.6 Å². The number of esters is 1. The molecule has 0 bridgehead atoms. The summed E-state index contributed by atoms with van der Waals surface area (Å²) < 4.78 is 13.5. The summed E-state index contributed by atoms with van der Waals surface area (Å²) in [5.74, 6) is -0.112. The van der Waals surface area contributed by atoms with E-state index in [4.69, 9.17) is 9.47 Å². The first-order valence-electron chi connectivity index (χ1n) is 11.0. The average molecular weight is 455 g/mol. The van der Waals surface area contributed by atoms with Gasteiger partial charge >= 0.3 is 5.97 Å². The first kappa shape index (κ1) is 23.9. The van der Waals surface area contributed by atoms with E-state index in [9.17, 15) is 9.59 Å². The number of rotatable bonds is 9. The molecule has 0 spiro atoms. The van der Waals surface area contributed by atoms with Crippen LogP contribution in [0.2, 0.25) is 0 Å². The minimum Gasteiger partial charge on any atom is -0.462 e. The van der Waals surface area contributed by atoms with Gasteiger partial charge in [0.05, 0.1) is 35.4 Å². The normalized spacial score (nSPS) is 12.0. The number of amides is 1. The van der Waals surface area contributed by atoms with Crippen LogP contribution in [0.25, 0.3) is 10.2 Å². The number of hydrogen-bond acceptors (Lipinski definition) is 5. The Kier molecular flexibility index (Phi) is 8.36. The molecule has 0 saturated heterocycles. The van der Waals surface area contributed by atoms with Crippen molar-refractivity contribution in [3.8, 4) is 0 Å². The van der Waals surface area contributed by atoms with Crippen LogP contribution >= 0.6 is 11.3 Å². The summed E-state index contributed by atoms with van der Waals surface area (Å²) in [7, 11) is 0. The van der Waals surface area contributed by atoms with Gasteiger partial charge in [0.2, 0.25) is 0 Å².